The van der Waals surface area contributed by atoms with E-state index in [-0.39, 0.29) is 5.60 Å². The van der Waals surface area contributed by atoms with Gasteiger partial charge < -0.3 is 10.1 Å². The molecule has 0 heterocycles. The molecule has 0 aromatic carbocycles. The third-order valence-electron chi connectivity index (χ3n) is 3.75. The molecule has 16 heavy (non-hydrogen) atoms. The molecule has 0 saturated heterocycles. The van der Waals surface area contributed by atoms with E-state index in [4.69, 9.17) is 4.74 Å². The summed E-state index contributed by atoms with van der Waals surface area (Å²) in [7, 11) is 0. The van der Waals surface area contributed by atoms with Crippen LogP contribution in [0.5, 0.6) is 0 Å². The summed E-state index contributed by atoms with van der Waals surface area (Å²) in [5.74, 6) is 1.68. The van der Waals surface area contributed by atoms with Gasteiger partial charge in [0, 0.05) is 12.6 Å². The monoisotopic (exact) mass is 227 g/mol. The van der Waals surface area contributed by atoms with Crippen LogP contribution in [0.1, 0.15) is 53.9 Å². The molecular formula is C14H29NO. The average molecular weight is 227 g/mol. The fourth-order valence-corrected chi connectivity index (χ4v) is 2.47. The van der Waals surface area contributed by atoms with Crippen molar-refractivity contribution in [2.24, 2.45) is 11.8 Å². The SMILES string of the molecule is CC1CCCC(NCCOC(C)(C)C)C1C. The van der Waals surface area contributed by atoms with Crippen molar-refractivity contribution in [3.05, 3.63) is 0 Å². The third-order valence-corrected chi connectivity index (χ3v) is 3.75. The van der Waals surface area contributed by atoms with E-state index < -0.39 is 0 Å². The van der Waals surface area contributed by atoms with Crippen LogP contribution >= 0.6 is 0 Å². The lowest BCUT2D eigenvalue weighted by molar-refractivity contribution is -0.00302. The Labute approximate surface area is 101 Å². The Hall–Kier alpha value is -0.0800. The van der Waals surface area contributed by atoms with Gasteiger partial charge in [0.15, 0.2) is 0 Å². The normalized spacial score (nSPS) is 31.7. The average Bonchev–Trinajstić information content (AvgIpc) is 2.17. The van der Waals surface area contributed by atoms with E-state index >= 15 is 0 Å². The summed E-state index contributed by atoms with van der Waals surface area (Å²) in [6.45, 7) is 12.9. The zero-order valence-corrected chi connectivity index (χ0v) is 11.7. The Morgan fingerprint density at radius 3 is 2.50 bits per heavy atom. The summed E-state index contributed by atoms with van der Waals surface area (Å²) in [6, 6.07) is 0.701. The maximum atomic E-state index is 5.72. The van der Waals surface area contributed by atoms with Gasteiger partial charge in [-0.1, -0.05) is 26.7 Å². The zero-order chi connectivity index (χ0) is 12.2. The van der Waals surface area contributed by atoms with E-state index in [9.17, 15) is 0 Å². The van der Waals surface area contributed by atoms with Crippen molar-refractivity contribution in [3.8, 4) is 0 Å². The fraction of sp³-hybridized carbons (Fsp3) is 1.00. The van der Waals surface area contributed by atoms with Crippen molar-refractivity contribution < 1.29 is 4.74 Å². The van der Waals surface area contributed by atoms with Crippen molar-refractivity contribution in [2.45, 2.75) is 65.5 Å². The maximum Gasteiger partial charge on any atom is 0.0599 e. The molecule has 1 aliphatic rings. The molecule has 0 aromatic heterocycles. The van der Waals surface area contributed by atoms with E-state index in [1.807, 2.05) is 0 Å². The molecule has 3 atom stereocenters. The lowest BCUT2D eigenvalue weighted by atomic mass is 9.78. The van der Waals surface area contributed by atoms with Crippen LogP contribution in [0, 0.1) is 11.8 Å². The third kappa shape index (κ3) is 4.84. The molecule has 1 rings (SSSR count). The van der Waals surface area contributed by atoms with Crippen molar-refractivity contribution in [1.82, 2.24) is 5.32 Å². The molecule has 1 fully saturated rings. The van der Waals surface area contributed by atoms with Gasteiger partial charge in [0.05, 0.1) is 12.2 Å². The molecule has 0 aliphatic heterocycles. The molecule has 0 amide bonds. The summed E-state index contributed by atoms with van der Waals surface area (Å²) in [4.78, 5) is 0. The fourth-order valence-electron chi connectivity index (χ4n) is 2.47. The first-order chi connectivity index (χ1) is 7.40. The summed E-state index contributed by atoms with van der Waals surface area (Å²) in [6.07, 6.45) is 4.11. The summed E-state index contributed by atoms with van der Waals surface area (Å²) in [5.41, 5.74) is -0.00679. The molecule has 2 nitrogen and oxygen atoms in total. The quantitative estimate of drug-likeness (QED) is 0.745. The molecule has 0 radical (unpaired) electrons. The van der Waals surface area contributed by atoms with Gasteiger partial charge in [-0.15, -0.1) is 0 Å². The van der Waals surface area contributed by atoms with E-state index in [2.05, 4.69) is 39.9 Å². The van der Waals surface area contributed by atoms with Gasteiger partial charge in [-0.2, -0.15) is 0 Å². The van der Waals surface area contributed by atoms with Crippen molar-refractivity contribution in [2.75, 3.05) is 13.2 Å². The summed E-state index contributed by atoms with van der Waals surface area (Å²) < 4.78 is 5.72. The minimum Gasteiger partial charge on any atom is -0.375 e. The maximum absolute atomic E-state index is 5.72. The van der Waals surface area contributed by atoms with Crippen molar-refractivity contribution >= 4 is 0 Å². The van der Waals surface area contributed by atoms with E-state index in [0.717, 1.165) is 25.0 Å². The minimum absolute atomic E-state index is 0.00679. The number of hydrogen-bond donors (Lipinski definition) is 1. The first-order valence-electron chi connectivity index (χ1n) is 6.77. The Bertz CT molecular complexity index is 197. The van der Waals surface area contributed by atoms with E-state index in [0.29, 0.717) is 6.04 Å². The van der Waals surface area contributed by atoms with Crippen LogP contribution in [-0.2, 0) is 4.74 Å². The summed E-state index contributed by atoms with van der Waals surface area (Å²) in [5, 5.41) is 3.65. The predicted octanol–water partition coefficient (Wildman–Crippen LogP) is 3.22. The molecule has 3 unspecified atom stereocenters. The molecule has 2 heteroatoms. The number of ether oxygens (including phenoxy) is 1. The molecular weight excluding hydrogens is 198 g/mol. The van der Waals surface area contributed by atoms with Gasteiger partial charge >= 0.3 is 0 Å². The highest BCUT2D eigenvalue weighted by Crippen LogP contribution is 2.29. The first-order valence-corrected chi connectivity index (χ1v) is 6.77. The second kappa shape index (κ2) is 6.02. The van der Waals surface area contributed by atoms with Gasteiger partial charge in [0.1, 0.15) is 0 Å². The Balaban J connectivity index is 2.17. The molecule has 0 spiro atoms. The Kier molecular flexibility index (Phi) is 5.26. The molecule has 1 saturated carbocycles. The predicted molar refractivity (Wildman–Crippen MR) is 69.7 cm³/mol. The van der Waals surface area contributed by atoms with E-state index in [1.165, 1.54) is 19.3 Å². The van der Waals surface area contributed by atoms with Crippen molar-refractivity contribution in [1.29, 1.82) is 0 Å². The van der Waals surface area contributed by atoms with Gasteiger partial charge in [-0.25, -0.2) is 0 Å². The number of rotatable bonds is 4. The zero-order valence-electron chi connectivity index (χ0n) is 11.7. The second-order valence-electron chi connectivity index (χ2n) is 6.29. The Morgan fingerprint density at radius 2 is 1.88 bits per heavy atom. The highest BCUT2D eigenvalue weighted by Gasteiger charge is 2.26. The van der Waals surface area contributed by atoms with Crippen LogP contribution in [0.2, 0.25) is 0 Å². The lowest BCUT2D eigenvalue weighted by Crippen LogP contribution is -2.42. The molecule has 1 N–H and O–H groups in total. The van der Waals surface area contributed by atoms with E-state index in [1.54, 1.807) is 0 Å². The van der Waals surface area contributed by atoms with Gasteiger partial charge in [-0.05, 0) is 39.0 Å². The van der Waals surface area contributed by atoms with Crippen LogP contribution < -0.4 is 5.32 Å². The second-order valence-corrected chi connectivity index (χ2v) is 6.29. The van der Waals surface area contributed by atoms with Crippen LogP contribution in [0.15, 0.2) is 0 Å². The number of nitrogens with one attached hydrogen (secondary N) is 1. The lowest BCUT2D eigenvalue weighted by Gasteiger charge is -2.35. The largest absolute Gasteiger partial charge is 0.375 e. The molecule has 1 aliphatic carbocycles. The van der Waals surface area contributed by atoms with Crippen molar-refractivity contribution in [3.63, 3.8) is 0 Å². The van der Waals surface area contributed by atoms with Crippen LogP contribution in [0.4, 0.5) is 0 Å². The summed E-state index contributed by atoms with van der Waals surface area (Å²) >= 11 is 0. The Morgan fingerprint density at radius 1 is 1.19 bits per heavy atom. The standard InChI is InChI=1S/C14H29NO/c1-11-7-6-8-13(12(11)2)15-9-10-16-14(3,4)5/h11-13,15H,6-10H2,1-5H3. The van der Waals surface area contributed by atoms with Gasteiger partial charge in [0.2, 0.25) is 0 Å². The van der Waals surface area contributed by atoms with Gasteiger partial charge in [-0.3, -0.25) is 0 Å². The molecule has 96 valence electrons. The number of hydrogen-bond acceptors (Lipinski definition) is 2. The highest BCUT2D eigenvalue weighted by atomic mass is 16.5. The molecule has 0 aromatic rings. The van der Waals surface area contributed by atoms with Crippen LogP contribution in [0.25, 0.3) is 0 Å². The smallest absolute Gasteiger partial charge is 0.0599 e. The minimum atomic E-state index is -0.00679. The van der Waals surface area contributed by atoms with Gasteiger partial charge in [0.25, 0.3) is 0 Å². The molecule has 0 bridgehead atoms. The van der Waals surface area contributed by atoms with Crippen LogP contribution in [-0.4, -0.2) is 24.8 Å². The first kappa shape index (κ1) is 14.0. The topological polar surface area (TPSA) is 21.3 Å². The van der Waals surface area contributed by atoms with Crippen LogP contribution in [0.3, 0.4) is 0 Å². The highest BCUT2D eigenvalue weighted by molar-refractivity contribution is 4.82.